The lowest BCUT2D eigenvalue weighted by molar-refractivity contribution is -0.206. The van der Waals surface area contributed by atoms with Crippen LogP contribution < -0.4 is 5.32 Å². The molecule has 1 aliphatic rings. The van der Waals surface area contributed by atoms with Crippen LogP contribution in [0.25, 0.3) is 0 Å². The molecule has 9 heteroatoms. The molecule has 154 valence electrons. The lowest BCUT2D eigenvalue weighted by atomic mass is 10.0. The second-order valence-corrected chi connectivity index (χ2v) is 6.74. The Labute approximate surface area is 164 Å². The largest absolute Gasteiger partial charge is 0.410 e. The normalized spacial score (nSPS) is 19.2. The molecule has 0 aromatic heterocycles. The van der Waals surface area contributed by atoms with Gasteiger partial charge < -0.3 is 20.1 Å². The Bertz CT molecular complexity index is 924. The van der Waals surface area contributed by atoms with E-state index in [4.69, 9.17) is 4.74 Å². The van der Waals surface area contributed by atoms with Gasteiger partial charge in [-0.3, -0.25) is 4.79 Å². The van der Waals surface area contributed by atoms with Crippen molar-refractivity contribution in [3.8, 4) is 0 Å². The van der Waals surface area contributed by atoms with Crippen molar-refractivity contribution in [1.29, 1.82) is 0 Å². The number of nitrogens with zero attached hydrogens (tertiary/aromatic N) is 1. The first kappa shape index (κ1) is 20.7. The Morgan fingerprint density at radius 1 is 1.14 bits per heavy atom. The number of amides is 2. The summed E-state index contributed by atoms with van der Waals surface area (Å²) in [7, 11) is 0. The van der Waals surface area contributed by atoms with Gasteiger partial charge in [0.2, 0.25) is 0 Å². The molecule has 0 bridgehead atoms. The highest BCUT2D eigenvalue weighted by molar-refractivity contribution is 5.86. The number of alkyl carbamates (subject to hydrolysis) is 1. The number of likely N-dealkylation sites (tertiary alicyclic amines) is 1. The van der Waals surface area contributed by atoms with Gasteiger partial charge in [-0.1, -0.05) is 18.2 Å². The molecule has 0 radical (unpaired) electrons. The summed E-state index contributed by atoms with van der Waals surface area (Å²) in [5.74, 6) is -5.74. The SMILES string of the molecule is O=C(NCc1cccc(F)c1)OC1(O)CCCN(Cc2ccc(F)c(F)c2)C1=O. The Morgan fingerprint density at radius 3 is 2.66 bits per heavy atom. The zero-order chi connectivity index (χ0) is 21.0. The lowest BCUT2D eigenvalue weighted by Gasteiger charge is -2.37. The van der Waals surface area contributed by atoms with Gasteiger partial charge >= 0.3 is 6.09 Å². The summed E-state index contributed by atoms with van der Waals surface area (Å²) in [6.45, 7) is 0.125. The maximum atomic E-state index is 13.4. The third kappa shape index (κ3) is 5.05. The van der Waals surface area contributed by atoms with E-state index >= 15 is 0 Å². The van der Waals surface area contributed by atoms with Gasteiger partial charge in [-0.05, 0) is 41.8 Å². The summed E-state index contributed by atoms with van der Waals surface area (Å²) in [6.07, 6.45) is -0.809. The van der Waals surface area contributed by atoms with E-state index in [9.17, 15) is 27.9 Å². The van der Waals surface area contributed by atoms with Gasteiger partial charge in [-0.25, -0.2) is 18.0 Å². The van der Waals surface area contributed by atoms with E-state index in [1.807, 2.05) is 0 Å². The molecule has 1 fully saturated rings. The monoisotopic (exact) mass is 408 g/mol. The Kier molecular flexibility index (Phi) is 6.07. The molecular formula is C20H19F3N2O4. The zero-order valence-electron chi connectivity index (χ0n) is 15.3. The fourth-order valence-corrected chi connectivity index (χ4v) is 3.08. The Balaban J connectivity index is 1.61. The number of halogens is 3. The quantitative estimate of drug-likeness (QED) is 0.746. The fraction of sp³-hybridized carbons (Fsp3) is 0.300. The number of hydrogen-bond donors (Lipinski definition) is 2. The van der Waals surface area contributed by atoms with Crippen LogP contribution in [0.15, 0.2) is 42.5 Å². The minimum absolute atomic E-state index is 0.0561. The molecule has 2 aromatic carbocycles. The molecule has 1 saturated heterocycles. The highest BCUT2D eigenvalue weighted by Gasteiger charge is 2.46. The first-order chi connectivity index (χ1) is 13.8. The third-order valence-corrected chi connectivity index (χ3v) is 4.51. The van der Waals surface area contributed by atoms with Crippen molar-refractivity contribution >= 4 is 12.0 Å². The van der Waals surface area contributed by atoms with Crippen molar-refractivity contribution in [3.63, 3.8) is 0 Å². The molecular weight excluding hydrogens is 389 g/mol. The van der Waals surface area contributed by atoms with Gasteiger partial charge in [0.25, 0.3) is 11.7 Å². The van der Waals surface area contributed by atoms with Crippen LogP contribution in [-0.2, 0) is 22.6 Å². The summed E-state index contributed by atoms with van der Waals surface area (Å²) in [5.41, 5.74) is 0.806. The Hall–Kier alpha value is -3.07. The minimum Gasteiger partial charge on any atom is -0.407 e. The predicted octanol–water partition coefficient (Wildman–Crippen LogP) is 2.84. The number of nitrogens with one attached hydrogen (secondary N) is 1. The molecule has 1 atom stereocenters. The number of aliphatic hydroxyl groups is 1. The average Bonchev–Trinajstić information content (AvgIpc) is 2.67. The van der Waals surface area contributed by atoms with E-state index in [0.717, 1.165) is 12.1 Å². The number of carbonyl (C=O) groups excluding carboxylic acids is 2. The third-order valence-electron chi connectivity index (χ3n) is 4.51. The van der Waals surface area contributed by atoms with Crippen molar-refractivity contribution in [3.05, 3.63) is 71.0 Å². The van der Waals surface area contributed by atoms with Gasteiger partial charge in [-0.2, -0.15) is 0 Å². The maximum Gasteiger partial charge on any atom is 0.410 e. The first-order valence-corrected chi connectivity index (χ1v) is 8.94. The lowest BCUT2D eigenvalue weighted by Crippen LogP contribution is -2.56. The van der Waals surface area contributed by atoms with E-state index in [2.05, 4.69) is 5.32 Å². The molecule has 1 heterocycles. The van der Waals surface area contributed by atoms with Crippen LogP contribution >= 0.6 is 0 Å². The molecule has 3 rings (SSSR count). The number of carbonyl (C=O) groups is 2. The minimum atomic E-state index is -2.37. The smallest absolute Gasteiger partial charge is 0.407 e. The molecule has 0 saturated carbocycles. The predicted molar refractivity (Wildman–Crippen MR) is 95.7 cm³/mol. The van der Waals surface area contributed by atoms with E-state index in [0.29, 0.717) is 17.5 Å². The topological polar surface area (TPSA) is 78.9 Å². The van der Waals surface area contributed by atoms with Crippen LogP contribution in [0.4, 0.5) is 18.0 Å². The van der Waals surface area contributed by atoms with Gasteiger partial charge in [-0.15, -0.1) is 0 Å². The van der Waals surface area contributed by atoms with E-state index < -0.39 is 35.2 Å². The molecule has 1 aliphatic heterocycles. The number of piperidine rings is 1. The highest BCUT2D eigenvalue weighted by atomic mass is 19.2. The van der Waals surface area contributed by atoms with Crippen LogP contribution in [0.3, 0.4) is 0 Å². The number of rotatable bonds is 5. The van der Waals surface area contributed by atoms with Gasteiger partial charge in [0.05, 0.1) is 0 Å². The number of benzene rings is 2. The molecule has 1 unspecified atom stereocenters. The second-order valence-electron chi connectivity index (χ2n) is 6.74. The Morgan fingerprint density at radius 2 is 1.93 bits per heavy atom. The van der Waals surface area contributed by atoms with Gasteiger partial charge in [0.15, 0.2) is 11.6 Å². The summed E-state index contributed by atoms with van der Waals surface area (Å²) in [5, 5.41) is 12.9. The van der Waals surface area contributed by atoms with Gasteiger partial charge in [0, 0.05) is 26.1 Å². The number of hydrogen-bond acceptors (Lipinski definition) is 4. The molecule has 6 nitrogen and oxygen atoms in total. The fourth-order valence-electron chi connectivity index (χ4n) is 3.08. The van der Waals surface area contributed by atoms with Crippen LogP contribution in [0.5, 0.6) is 0 Å². The van der Waals surface area contributed by atoms with Crippen molar-refractivity contribution in [1.82, 2.24) is 10.2 Å². The van der Waals surface area contributed by atoms with E-state index in [1.165, 1.54) is 29.2 Å². The standard InChI is InChI=1S/C20H19F3N2O4/c21-15-4-1-3-13(9-15)11-24-19(27)29-20(28)7-2-8-25(18(20)26)12-14-5-6-16(22)17(23)10-14/h1,3-6,9-10,28H,2,7-8,11-12H2,(H,24,27). The van der Waals surface area contributed by atoms with E-state index in [-0.39, 0.29) is 26.1 Å². The van der Waals surface area contributed by atoms with E-state index in [1.54, 1.807) is 6.07 Å². The summed E-state index contributed by atoms with van der Waals surface area (Å²) >= 11 is 0. The second kappa shape index (κ2) is 8.52. The van der Waals surface area contributed by atoms with Crippen molar-refractivity contribution in [2.75, 3.05) is 6.54 Å². The number of ether oxygens (including phenoxy) is 1. The summed E-state index contributed by atoms with van der Waals surface area (Å²) < 4.78 is 44.5. The summed E-state index contributed by atoms with van der Waals surface area (Å²) in [6, 6.07) is 8.78. The van der Waals surface area contributed by atoms with Gasteiger partial charge in [0.1, 0.15) is 5.82 Å². The summed E-state index contributed by atoms with van der Waals surface area (Å²) in [4.78, 5) is 25.8. The molecule has 2 amide bonds. The van der Waals surface area contributed by atoms with Crippen LogP contribution in [0, 0.1) is 17.5 Å². The first-order valence-electron chi connectivity index (χ1n) is 8.94. The maximum absolute atomic E-state index is 13.4. The van der Waals surface area contributed by atoms with Crippen LogP contribution in [0.1, 0.15) is 24.0 Å². The molecule has 2 N–H and O–H groups in total. The molecule has 0 spiro atoms. The van der Waals surface area contributed by atoms with Crippen LogP contribution in [0.2, 0.25) is 0 Å². The average molecular weight is 408 g/mol. The zero-order valence-corrected chi connectivity index (χ0v) is 15.3. The van der Waals surface area contributed by atoms with Crippen molar-refractivity contribution < 1.29 is 32.6 Å². The van der Waals surface area contributed by atoms with Crippen molar-refractivity contribution in [2.24, 2.45) is 0 Å². The molecule has 29 heavy (non-hydrogen) atoms. The van der Waals surface area contributed by atoms with Crippen LogP contribution in [-0.4, -0.2) is 34.3 Å². The molecule has 2 aromatic rings. The molecule has 0 aliphatic carbocycles. The van der Waals surface area contributed by atoms with Crippen molar-refractivity contribution in [2.45, 2.75) is 31.7 Å². The highest BCUT2D eigenvalue weighted by Crippen LogP contribution is 2.26.